The van der Waals surface area contributed by atoms with Crippen molar-refractivity contribution in [3.05, 3.63) is 41.7 Å². The zero-order chi connectivity index (χ0) is 22.9. The van der Waals surface area contributed by atoms with Crippen LogP contribution in [-0.4, -0.2) is 68.9 Å². The van der Waals surface area contributed by atoms with E-state index in [0.29, 0.717) is 37.3 Å². The molecular formula is C24H31FN6O2. The average molecular weight is 455 g/mol. The highest BCUT2D eigenvalue weighted by molar-refractivity contribution is 5.64. The first-order valence-corrected chi connectivity index (χ1v) is 11.7. The second-order valence-electron chi connectivity index (χ2n) is 9.18. The van der Waals surface area contributed by atoms with Crippen molar-refractivity contribution >= 4 is 0 Å². The second kappa shape index (κ2) is 9.23. The maximum absolute atomic E-state index is 14.4. The Morgan fingerprint density at radius 1 is 1.24 bits per heavy atom. The average Bonchev–Trinajstić information content (AvgIpc) is 3.50. The fraction of sp³-hybridized carbons (Fsp3) is 0.542. The molecule has 5 rings (SSSR count). The summed E-state index contributed by atoms with van der Waals surface area (Å²) >= 11 is 0. The van der Waals surface area contributed by atoms with Gasteiger partial charge in [0.25, 0.3) is 0 Å². The Morgan fingerprint density at radius 2 is 2.09 bits per heavy atom. The normalized spacial score (nSPS) is 19.1. The largest absolute Gasteiger partial charge is 0.479 e. The summed E-state index contributed by atoms with van der Waals surface area (Å²) in [5.41, 5.74) is 4.60. The summed E-state index contributed by atoms with van der Waals surface area (Å²) in [4.78, 5) is 6.62. The van der Waals surface area contributed by atoms with Gasteiger partial charge in [0.05, 0.1) is 49.8 Å². The summed E-state index contributed by atoms with van der Waals surface area (Å²) in [6.45, 7) is 8.93. The lowest BCUT2D eigenvalue weighted by molar-refractivity contribution is 0.145. The Hall–Kier alpha value is -2.78. The molecule has 1 fully saturated rings. The lowest BCUT2D eigenvalue weighted by Gasteiger charge is -2.20. The molecular weight excluding hydrogens is 423 g/mol. The molecule has 9 heteroatoms. The Labute approximate surface area is 193 Å². The minimum absolute atomic E-state index is 0.0234. The van der Waals surface area contributed by atoms with E-state index in [2.05, 4.69) is 35.0 Å². The molecule has 0 unspecified atom stereocenters. The van der Waals surface area contributed by atoms with Gasteiger partial charge in [-0.2, -0.15) is 10.2 Å². The molecule has 2 aliphatic rings. The molecule has 1 saturated heterocycles. The molecule has 0 aromatic carbocycles. The van der Waals surface area contributed by atoms with Gasteiger partial charge in [-0.05, 0) is 39.2 Å². The van der Waals surface area contributed by atoms with Crippen molar-refractivity contribution in [2.24, 2.45) is 5.92 Å². The number of methoxy groups -OCH3 is 1. The summed E-state index contributed by atoms with van der Waals surface area (Å²) in [6, 6.07) is 2.00. The minimum atomic E-state index is -0.509. The third kappa shape index (κ3) is 4.39. The molecule has 0 N–H and O–H groups in total. The van der Waals surface area contributed by atoms with Gasteiger partial charge in [0.1, 0.15) is 0 Å². The van der Waals surface area contributed by atoms with Crippen molar-refractivity contribution in [3.63, 3.8) is 0 Å². The minimum Gasteiger partial charge on any atom is -0.479 e. The first-order valence-electron chi connectivity index (χ1n) is 11.7. The number of nitrogens with zero attached hydrogens (tertiary/aromatic N) is 6. The smallest absolute Gasteiger partial charge is 0.250 e. The second-order valence-corrected chi connectivity index (χ2v) is 9.18. The van der Waals surface area contributed by atoms with Crippen LogP contribution < -0.4 is 4.74 Å². The molecule has 1 atom stereocenters. The van der Waals surface area contributed by atoms with E-state index in [-0.39, 0.29) is 5.88 Å². The third-order valence-electron chi connectivity index (χ3n) is 6.70. The van der Waals surface area contributed by atoms with Gasteiger partial charge < -0.3 is 14.4 Å². The molecule has 3 aromatic rings. The Kier molecular flexibility index (Phi) is 6.16. The van der Waals surface area contributed by atoms with E-state index in [0.717, 1.165) is 48.6 Å². The predicted molar refractivity (Wildman–Crippen MR) is 122 cm³/mol. The first-order chi connectivity index (χ1) is 16.0. The maximum atomic E-state index is 14.4. The van der Waals surface area contributed by atoms with Crippen molar-refractivity contribution in [1.82, 2.24) is 29.4 Å². The zero-order valence-electron chi connectivity index (χ0n) is 19.5. The van der Waals surface area contributed by atoms with Crippen LogP contribution in [0.1, 0.15) is 31.5 Å². The number of likely N-dealkylation sites (tertiary alicyclic amines) is 1. The van der Waals surface area contributed by atoms with E-state index in [1.54, 1.807) is 10.9 Å². The van der Waals surface area contributed by atoms with Gasteiger partial charge in [0.2, 0.25) is 5.88 Å². The number of halogens is 1. The van der Waals surface area contributed by atoms with Crippen molar-refractivity contribution in [2.45, 2.75) is 45.7 Å². The van der Waals surface area contributed by atoms with Crippen LogP contribution in [0.5, 0.6) is 5.88 Å². The Bertz CT molecular complexity index is 1120. The van der Waals surface area contributed by atoms with Crippen LogP contribution in [0.15, 0.2) is 24.7 Å². The molecule has 8 nitrogen and oxygen atoms in total. The number of fused-ring (bicyclic) bond motifs is 1. The molecule has 0 bridgehead atoms. The maximum Gasteiger partial charge on any atom is 0.250 e. The van der Waals surface area contributed by atoms with Crippen LogP contribution >= 0.6 is 0 Å². The number of ether oxygens (including phenoxy) is 2. The van der Waals surface area contributed by atoms with E-state index in [9.17, 15) is 4.39 Å². The number of hydrogen-bond acceptors (Lipinski definition) is 6. The number of pyridine rings is 1. The van der Waals surface area contributed by atoms with Crippen LogP contribution in [0.3, 0.4) is 0 Å². The fourth-order valence-corrected chi connectivity index (χ4v) is 4.91. The molecule has 0 amide bonds. The van der Waals surface area contributed by atoms with Crippen LogP contribution in [0.4, 0.5) is 4.39 Å². The summed E-state index contributed by atoms with van der Waals surface area (Å²) in [7, 11) is 1.41. The SMILES string of the molecule is COc1ncc(-n2nc(-c3cnn(C[C@H]4CCN(C(C)C)C4)c3)c3c2CCOCC3)cc1F. The molecule has 0 spiro atoms. The van der Waals surface area contributed by atoms with Gasteiger partial charge in [0.15, 0.2) is 5.82 Å². The molecule has 2 aliphatic heterocycles. The topological polar surface area (TPSA) is 70.2 Å². The zero-order valence-corrected chi connectivity index (χ0v) is 19.5. The Morgan fingerprint density at radius 3 is 2.85 bits per heavy atom. The van der Waals surface area contributed by atoms with E-state index < -0.39 is 5.82 Å². The quantitative estimate of drug-likeness (QED) is 0.570. The van der Waals surface area contributed by atoms with E-state index in [1.165, 1.54) is 19.6 Å². The lowest BCUT2D eigenvalue weighted by Crippen LogP contribution is -2.28. The summed E-state index contributed by atoms with van der Waals surface area (Å²) < 4.78 is 28.9. The van der Waals surface area contributed by atoms with Gasteiger partial charge in [-0.3, -0.25) is 4.68 Å². The van der Waals surface area contributed by atoms with Crippen molar-refractivity contribution < 1.29 is 13.9 Å². The van der Waals surface area contributed by atoms with Gasteiger partial charge >= 0.3 is 0 Å². The van der Waals surface area contributed by atoms with Gasteiger partial charge in [-0.15, -0.1) is 0 Å². The first kappa shape index (κ1) is 22.0. The van der Waals surface area contributed by atoms with Crippen LogP contribution in [0.2, 0.25) is 0 Å². The standard InChI is InChI=1S/C24H31FN6O2/c1-16(2)29-7-4-17(13-29)14-30-15-18(11-27-30)23-20-5-8-33-9-6-22(20)31(28-23)19-10-21(25)24(32-3)26-12-19/h10-12,15-17H,4-9,13-14H2,1-3H3/t17-/m0/s1. The predicted octanol–water partition coefficient (Wildman–Crippen LogP) is 3.12. The molecule has 176 valence electrons. The molecule has 3 aromatic heterocycles. The monoisotopic (exact) mass is 454 g/mol. The number of aromatic nitrogens is 5. The van der Waals surface area contributed by atoms with Gasteiger partial charge in [-0.1, -0.05) is 0 Å². The fourth-order valence-electron chi connectivity index (χ4n) is 4.91. The molecule has 0 saturated carbocycles. The van der Waals surface area contributed by atoms with Gasteiger partial charge in [0, 0.05) is 48.9 Å². The van der Waals surface area contributed by atoms with Crippen LogP contribution in [0, 0.1) is 11.7 Å². The van der Waals surface area contributed by atoms with Crippen molar-refractivity contribution in [1.29, 1.82) is 0 Å². The lowest BCUT2D eigenvalue weighted by atomic mass is 10.0. The molecule has 5 heterocycles. The van der Waals surface area contributed by atoms with Crippen LogP contribution in [-0.2, 0) is 24.1 Å². The van der Waals surface area contributed by atoms with E-state index in [1.807, 2.05) is 10.9 Å². The molecule has 0 radical (unpaired) electrons. The van der Waals surface area contributed by atoms with E-state index in [4.69, 9.17) is 14.6 Å². The molecule has 0 aliphatic carbocycles. The number of hydrogen-bond donors (Lipinski definition) is 0. The summed E-state index contributed by atoms with van der Waals surface area (Å²) in [6.07, 6.45) is 8.23. The Balaban J connectivity index is 1.45. The highest BCUT2D eigenvalue weighted by atomic mass is 19.1. The highest BCUT2D eigenvalue weighted by Crippen LogP contribution is 2.31. The summed E-state index contributed by atoms with van der Waals surface area (Å²) in [5, 5.41) is 9.55. The number of rotatable bonds is 6. The molecule has 33 heavy (non-hydrogen) atoms. The summed E-state index contributed by atoms with van der Waals surface area (Å²) in [5.74, 6) is 0.0758. The van der Waals surface area contributed by atoms with E-state index >= 15 is 0 Å². The van der Waals surface area contributed by atoms with Crippen LogP contribution in [0.25, 0.3) is 16.9 Å². The van der Waals surface area contributed by atoms with Gasteiger partial charge in [-0.25, -0.2) is 14.1 Å². The third-order valence-corrected chi connectivity index (χ3v) is 6.70. The van der Waals surface area contributed by atoms with Crippen molar-refractivity contribution in [3.8, 4) is 22.8 Å². The van der Waals surface area contributed by atoms with Crippen molar-refractivity contribution in [2.75, 3.05) is 33.4 Å². The highest BCUT2D eigenvalue weighted by Gasteiger charge is 2.26.